The minimum atomic E-state index is -0.145. The quantitative estimate of drug-likeness (QED) is 0.870. The molecule has 1 aromatic rings. The van der Waals surface area contributed by atoms with Crippen molar-refractivity contribution < 1.29 is 9.59 Å². The Kier molecular flexibility index (Phi) is 5.43. The molecule has 0 radical (unpaired) electrons. The summed E-state index contributed by atoms with van der Waals surface area (Å²) in [6, 6.07) is 8.39. The number of hydrogen-bond acceptors (Lipinski definition) is 4. The van der Waals surface area contributed by atoms with Crippen LogP contribution in [0.5, 0.6) is 0 Å². The molecule has 5 nitrogen and oxygen atoms in total. The molecule has 1 heterocycles. The first kappa shape index (κ1) is 16.2. The van der Waals surface area contributed by atoms with Gasteiger partial charge in [-0.15, -0.1) is 11.8 Å². The molecular formula is C17H23N3O2S. The van der Waals surface area contributed by atoms with Gasteiger partial charge in [0.1, 0.15) is 6.54 Å². The molecule has 6 heteroatoms. The Labute approximate surface area is 141 Å². The molecule has 0 atom stereocenters. The second-order valence-electron chi connectivity index (χ2n) is 6.17. The fraction of sp³-hybridized carbons (Fsp3) is 0.529. The predicted octanol–water partition coefficient (Wildman–Crippen LogP) is 2.90. The molecule has 1 saturated heterocycles. The maximum Gasteiger partial charge on any atom is 0.244 e. The molecule has 2 N–H and O–H groups in total. The van der Waals surface area contributed by atoms with E-state index in [0.29, 0.717) is 17.7 Å². The number of rotatable bonds is 5. The summed E-state index contributed by atoms with van der Waals surface area (Å²) in [7, 11) is 0. The Balaban J connectivity index is 1.48. The fourth-order valence-electron chi connectivity index (χ4n) is 3.05. The van der Waals surface area contributed by atoms with Gasteiger partial charge in [0.15, 0.2) is 0 Å². The molecule has 2 amide bonds. The Bertz CT molecular complexity index is 555. The summed E-state index contributed by atoms with van der Waals surface area (Å²) in [6.45, 7) is 0.133. The van der Waals surface area contributed by atoms with E-state index in [1.165, 1.54) is 32.1 Å². The lowest BCUT2D eigenvalue weighted by Crippen LogP contribution is -2.34. The van der Waals surface area contributed by atoms with Crippen LogP contribution in [0.3, 0.4) is 0 Å². The lowest BCUT2D eigenvalue weighted by atomic mass is 9.95. The molecule has 0 spiro atoms. The van der Waals surface area contributed by atoms with Crippen LogP contribution in [0.2, 0.25) is 0 Å². The third kappa shape index (κ3) is 4.64. The summed E-state index contributed by atoms with van der Waals surface area (Å²) in [4.78, 5) is 25.1. The number of amides is 2. The van der Waals surface area contributed by atoms with Gasteiger partial charge >= 0.3 is 0 Å². The van der Waals surface area contributed by atoms with Crippen molar-refractivity contribution in [1.29, 1.82) is 0 Å². The maximum atomic E-state index is 12.0. The number of carbonyl (C=O) groups excluding carboxylic acids is 2. The van der Waals surface area contributed by atoms with Gasteiger partial charge in [0.05, 0.1) is 11.6 Å². The molecule has 1 saturated carbocycles. The van der Waals surface area contributed by atoms with Crippen LogP contribution in [-0.2, 0) is 9.59 Å². The summed E-state index contributed by atoms with van der Waals surface area (Å²) in [5, 5.41) is 6.41. The molecule has 2 fully saturated rings. The molecule has 3 rings (SSSR count). The SMILES string of the molecule is O=C(CN1CSCC1=O)Nc1ccc(NC2CCCCC2)cc1. The van der Waals surface area contributed by atoms with Gasteiger partial charge in [0, 0.05) is 17.4 Å². The largest absolute Gasteiger partial charge is 0.382 e. The van der Waals surface area contributed by atoms with Crippen LogP contribution in [0.15, 0.2) is 24.3 Å². The van der Waals surface area contributed by atoms with E-state index in [0.717, 1.165) is 11.4 Å². The smallest absolute Gasteiger partial charge is 0.244 e. The second kappa shape index (κ2) is 7.73. The second-order valence-corrected chi connectivity index (χ2v) is 7.13. The predicted molar refractivity (Wildman–Crippen MR) is 94.6 cm³/mol. The number of nitrogens with zero attached hydrogens (tertiary/aromatic N) is 1. The Hall–Kier alpha value is -1.69. The van der Waals surface area contributed by atoms with E-state index in [2.05, 4.69) is 10.6 Å². The van der Waals surface area contributed by atoms with E-state index in [1.54, 1.807) is 16.7 Å². The highest BCUT2D eigenvalue weighted by Gasteiger charge is 2.22. The van der Waals surface area contributed by atoms with Crippen LogP contribution in [0, 0.1) is 0 Å². The van der Waals surface area contributed by atoms with Gasteiger partial charge < -0.3 is 15.5 Å². The van der Waals surface area contributed by atoms with E-state index in [4.69, 9.17) is 0 Å². The summed E-state index contributed by atoms with van der Waals surface area (Å²) in [6.07, 6.45) is 6.43. The van der Waals surface area contributed by atoms with Crippen molar-refractivity contribution in [1.82, 2.24) is 4.90 Å². The normalized spacial score (nSPS) is 19.0. The van der Waals surface area contributed by atoms with Crippen LogP contribution in [0.25, 0.3) is 0 Å². The molecule has 0 aromatic heterocycles. The zero-order valence-corrected chi connectivity index (χ0v) is 14.0. The highest BCUT2D eigenvalue weighted by atomic mass is 32.2. The highest BCUT2D eigenvalue weighted by molar-refractivity contribution is 8.00. The molecule has 1 aromatic carbocycles. The van der Waals surface area contributed by atoms with Crippen molar-refractivity contribution in [2.75, 3.05) is 28.8 Å². The molecular weight excluding hydrogens is 310 g/mol. The lowest BCUT2D eigenvalue weighted by molar-refractivity contribution is -0.130. The molecule has 2 aliphatic rings. The van der Waals surface area contributed by atoms with Gasteiger partial charge in [-0.1, -0.05) is 19.3 Å². The first-order valence-corrected chi connectivity index (χ1v) is 9.38. The Morgan fingerprint density at radius 1 is 1.13 bits per heavy atom. The van der Waals surface area contributed by atoms with Crippen molar-refractivity contribution in [2.24, 2.45) is 0 Å². The third-order valence-electron chi connectivity index (χ3n) is 4.30. The van der Waals surface area contributed by atoms with Crippen molar-refractivity contribution in [3.63, 3.8) is 0 Å². The number of hydrogen-bond donors (Lipinski definition) is 2. The number of anilines is 2. The lowest BCUT2D eigenvalue weighted by Gasteiger charge is -2.24. The number of benzene rings is 1. The van der Waals surface area contributed by atoms with Crippen molar-refractivity contribution >= 4 is 35.0 Å². The standard InChI is InChI=1S/C17H23N3O2S/c21-16(10-20-12-23-11-17(20)22)19-15-8-6-14(7-9-15)18-13-4-2-1-3-5-13/h6-9,13,18H,1-5,10-12H2,(H,19,21). The molecule has 1 aliphatic heterocycles. The van der Waals surface area contributed by atoms with E-state index < -0.39 is 0 Å². The van der Waals surface area contributed by atoms with Crippen molar-refractivity contribution in [2.45, 2.75) is 38.1 Å². The van der Waals surface area contributed by atoms with Crippen LogP contribution < -0.4 is 10.6 Å². The monoisotopic (exact) mass is 333 g/mol. The summed E-state index contributed by atoms with van der Waals surface area (Å²) in [5.74, 6) is 0.983. The highest BCUT2D eigenvalue weighted by Crippen LogP contribution is 2.22. The van der Waals surface area contributed by atoms with E-state index in [1.807, 2.05) is 24.3 Å². The first-order chi connectivity index (χ1) is 11.2. The summed E-state index contributed by atoms with van der Waals surface area (Å²) >= 11 is 1.55. The Morgan fingerprint density at radius 3 is 2.48 bits per heavy atom. The minimum absolute atomic E-state index is 0.0391. The van der Waals surface area contributed by atoms with Gasteiger partial charge in [-0.05, 0) is 37.1 Å². The van der Waals surface area contributed by atoms with Gasteiger partial charge in [0.25, 0.3) is 0 Å². The van der Waals surface area contributed by atoms with Gasteiger partial charge in [-0.25, -0.2) is 0 Å². The van der Waals surface area contributed by atoms with Gasteiger partial charge in [0.2, 0.25) is 11.8 Å². The van der Waals surface area contributed by atoms with Crippen LogP contribution in [-0.4, -0.2) is 40.9 Å². The average Bonchev–Trinajstić information content (AvgIpc) is 2.95. The number of nitrogens with one attached hydrogen (secondary N) is 2. The maximum absolute atomic E-state index is 12.0. The zero-order valence-electron chi connectivity index (χ0n) is 13.2. The van der Waals surface area contributed by atoms with E-state index in [-0.39, 0.29) is 18.4 Å². The average molecular weight is 333 g/mol. The molecule has 23 heavy (non-hydrogen) atoms. The van der Waals surface area contributed by atoms with Crippen molar-refractivity contribution in [3.05, 3.63) is 24.3 Å². The van der Waals surface area contributed by atoms with Crippen LogP contribution in [0.4, 0.5) is 11.4 Å². The van der Waals surface area contributed by atoms with Crippen LogP contribution in [0.1, 0.15) is 32.1 Å². The third-order valence-corrected chi connectivity index (χ3v) is 5.25. The Morgan fingerprint density at radius 2 is 1.83 bits per heavy atom. The number of carbonyl (C=O) groups is 2. The van der Waals surface area contributed by atoms with Gasteiger partial charge in [-0.2, -0.15) is 0 Å². The zero-order chi connectivity index (χ0) is 16.1. The molecule has 1 aliphatic carbocycles. The summed E-state index contributed by atoms with van der Waals surface area (Å²) < 4.78 is 0. The molecule has 0 bridgehead atoms. The fourth-order valence-corrected chi connectivity index (χ4v) is 3.95. The molecule has 0 unspecified atom stereocenters. The van der Waals surface area contributed by atoms with Crippen molar-refractivity contribution in [3.8, 4) is 0 Å². The van der Waals surface area contributed by atoms with Crippen LogP contribution >= 0.6 is 11.8 Å². The topological polar surface area (TPSA) is 61.4 Å². The first-order valence-electron chi connectivity index (χ1n) is 8.23. The van der Waals surface area contributed by atoms with E-state index in [9.17, 15) is 9.59 Å². The molecule has 124 valence electrons. The summed E-state index contributed by atoms with van der Waals surface area (Å²) in [5.41, 5.74) is 1.87. The minimum Gasteiger partial charge on any atom is -0.382 e. The van der Waals surface area contributed by atoms with E-state index >= 15 is 0 Å². The van der Waals surface area contributed by atoms with Gasteiger partial charge in [-0.3, -0.25) is 9.59 Å². The number of thioether (sulfide) groups is 1.